The van der Waals surface area contributed by atoms with Gasteiger partial charge < -0.3 is 15.4 Å². The third kappa shape index (κ3) is 5.20. The van der Waals surface area contributed by atoms with Gasteiger partial charge in [0.2, 0.25) is 0 Å². The van der Waals surface area contributed by atoms with Gasteiger partial charge in [-0.2, -0.15) is 5.10 Å². The molecule has 0 aliphatic carbocycles. The van der Waals surface area contributed by atoms with Crippen LogP contribution in [0.25, 0.3) is 0 Å². The Hall–Kier alpha value is -3.12. The highest BCUT2D eigenvalue weighted by molar-refractivity contribution is 5.93. The summed E-state index contributed by atoms with van der Waals surface area (Å²) in [7, 11) is 1.64. The second-order valence-corrected chi connectivity index (χ2v) is 6.59. The molecular weight excluding hydrogens is 352 g/mol. The van der Waals surface area contributed by atoms with E-state index in [0.717, 1.165) is 17.7 Å². The number of benzene rings is 2. The molecule has 0 saturated heterocycles. The van der Waals surface area contributed by atoms with Gasteiger partial charge in [-0.15, -0.1) is 0 Å². The number of carbonyl (C=O) groups excluding carboxylic acids is 1. The first-order valence-corrected chi connectivity index (χ1v) is 9.38. The topological polar surface area (TPSA) is 73.4 Å². The van der Waals surface area contributed by atoms with Gasteiger partial charge in [-0.25, -0.2) is 0 Å². The number of hydrogen-bond acceptors (Lipinski definition) is 4. The first-order valence-electron chi connectivity index (χ1n) is 9.38. The van der Waals surface area contributed by atoms with Crippen molar-refractivity contribution in [3.63, 3.8) is 0 Å². The molecule has 2 N–H and O–H groups in total. The van der Waals surface area contributed by atoms with Gasteiger partial charge in [-0.3, -0.25) is 9.48 Å². The van der Waals surface area contributed by atoms with E-state index in [2.05, 4.69) is 17.2 Å². The second kappa shape index (κ2) is 9.71. The fourth-order valence-corrected chi connectivity index (χ4v) is 3.04. The molecule has 2 aromatic carbocycles. The van der Waals surface area contributed by atoms with Crippen LogP contribution in [0.2, 0.25) is 0 Å². The Kier molecular flexibility index (Phi) is 6.81. The number of amides is 1. The average molecular weight is 378 g/mol. The summed E-state index contributed by atoms with van der Waals surface area (Å²) in [5.74, 6) is 0.776. The van der Waals surface area contributed by atoms with Crippen LogP contribution >= 0.6 is 0 Å². The Morgan fingerprint density at radius 3 is 2.50 bits per heavy atom. The molecule has 1 aromatic heterocycles. The monoisotopic (exact) mass is 378 g/mol. The summed E-state index contributed by atoms with van der Waals surface area (Å²) >= 11 is 0. The van der Waals surface area contributed by atoms with Gasteiger partial charge in [0.05, 0.1) is 25.4 Å². The SMILES string of the molecule is COc1ccc(Cn2cc(C(=O)N(CCN)CCc3ccccc3)cn2)cc1. The van der Waals surface area contributed by atoms with E-state index in [0.29, 0.717) is 31.7 Å². The highest BCUT2D eigenvalue weighted by Gasteiger charge is 2.17. The Labute approximate surface area is 165 Å². The van der Waals surface area contributed by atoms with E-state index < -0.39 is 0 Å². The van der Waals surface area contributed by atoms with Crippen LogP contribution in [0.3, 0.4) is 0 Å². The van der Waals surface area contributed by atoms with Crippen molar-refractivity contribution < 1.29 is 9.53 Å². The minimum absolute atomic E-state index is 0.0395. The fourth-order valence-electron chi connectivity index (χ4n) is 3.04. The Morgan fingerprint density at radius 1 is 1.07 bits per heavy atom. The van der Waals surface area contributed by atoms with Crippen molar-refractivity contribution in [2.24, 2.45) is 5.73 Å². The van der Waals surface area contributed by atoms with Gasteiger partial charge >= 0.3 is 0 Å². The normalized spacial score (nSPS) is 10.6. The van der Waals surface area contributed by atoms with Crippen molar-refractivity contribution >= 4 is 5.91 Å². The molecule has 3 aromatic rings. The molecule has 6 heteroatoms. The van der Waals surface area contributed by atoms with Crippen molar-refractivity contribution in [2.75, 3.05) is 26.7 Å². The van der Waals surface area contributed by atoms with E-state index in [1.54, 1.807) is 29.1 Å². The van der Waals surface area contributed by atoms with Crippen LogP contribution in [0.4, 0.5) is 0 Å². The Bertz CT molecular complexity index is 875. The lowest BCUT2D eigenvalue weighted by atomic mass is 10.1. The highest BCUT2D eigenvalue weighted by Crippen LogP contribution is 2.13. The van der Waals surface area contributed by atoms with Crippen LogP contribution in [0.5, 0.6) is 5.75 Å². The molecule has 0 bridgehead atoms. The molecule has 1 amide bonds. The van der Waals surface area contributed by atoms with Gasteiger partial charge in [0.1, 0.15) is 5.75 Å². The van der Waals surface area contributed by atoms with Gasteiger partial charge in [0, 0.05) is 25.8 Å². The Balaban J connectivity index is 1.64. The molecule has 146 valence electrons. The van der Waals surface area contributed by atoms with Crippen molar-refractivity contribution in [1.29, 1.82) is 0 Å². The Morgan fingerprint density at radius 2 is 1.82 bits per heavy atom. The summed E-state index contributed by atoms with van der Waals surface area (Å²) in [6.45, 7) is 2.18. The number of hydrogen-bond donors (Lipinski definition) is 1. The number of aromatic nitrogens is 2. The van der Waals surface area contributed by atoms with E-state index in [-0.39, 0.29) is 5.91 Å². The molecular formula is C22H26N4O2. The number of ether oxygens (including phenoxy) is 1. The fraction of sp³-hybridized carbons (Fsp3) is 0.273. The zero-order valence-corrected chi connectivity index (χ0v) is 16.1. The number of nitrogens with two attached hydrogens (primary N) is 1. The number of carbonyl (C=O) groups is 1. The van der Waals surface area contributed by atoms with E-state index in [9.17, 15) is 4.79 Å². The number of methoxy groups -OCH3 is 1. The summed E-state index contributed by atoms with van der Waals surface area (Å²) in [6.07, 6.45) is 4.21. The molecule has 28 heavy (non-hydrogen) atoms. The zero-order valence-electron chi connectivity index (χ0n) is 16.1. The predicted molar refractivity (Wildman–Crippen MR) is 109 cm³/mol. The smallest absolute Gasteiger partial charge is 0.257 e. The van der Waals surface area contributed by atoms with Crippen molar-refractivity contribution in [3.05, 3.63) is 83.7 Å². The molecule has 0 aliphatic rings. The summed E-state index contributed by atoms with van der Waals surface area (Å²) in [5, 5.41) is 4.34. The highest BCUT2D eigenvalue weighted by atomic mass is 16.5. The molecule has 0 saturated carbocycles. The van der Waals surface area contributed by atoms with Crippen LogP contribution in [-0.2, 0) is 13.0 Å². The molecule has 0 unspecified atom stereocenters. The van der Waals surface area contributed by atoms with Gasteiger partial charge in [-0.05, 0) is 29.7 Å². The molecule has 0 atom stereocenters. The van der Waals surface area contributed by atoms with Crippen molar-refractivity contribution in [1.82, 2.24) is 14.7 Å². The molecule has 3 rings (SSSR count). The van der Waals surface area contributed by atoms with Crippen LogP contribution in [0.1, 0.15) is 21.5 Å². The molecule has 0 fully saturated rings. The zero-order chi connectivity index (χ0) is 19.8. The standard InChI is InChI=1S/C22H26N4O2/c1-28-21-9-7-19(8-10-21)16-26-17-20(15-24-26)22(27)25(14-12-23)13-11-18-5-3-2-4-6-18/h2-10,15,17H,11-14,16,23H2,1H3. The van der Waals surface area contributed by atoms with Crippen LogP contribution in [0, 0.1) is 0 Å². The van der Waals surface area contributed by atoms with Gasteiger partial charge in [-0.1, -0.05) is 42.5 Å². The third-order valence-electron chi connectivity index (χ3n) is 4.58. The second-order valence-electron chi connectivity index (χ2n) is 6.59. The van der Waals surface area contributed by atoms with Gasteiger partial charge in [0.25, 0.3) is 5.91 Å². The van der Waals surface area contributed by atoms with Crippen molar-refractivity contribution in [3.8, 4) is 5.75 Å². The molecule has 6 nitrogen and oxygen atoms in total. The summed E-state index contributed by atoms with van der Waals surface area (Å²) in [4.78, 5) is 14.7. The number of nitrogens with zero attached hydrogens (tertiary/aromatic N) is 3. The van der Waals surface area contributed by atoms with E-state index in [4.69, 9.17) is 10.5 Å². The maximum atomic E-state index is 12.9. The average Bonchev–Trinajstić information content (AvgIpc) is 3.20. The minimum Gasteiger partial charge on any atom is -0.497 e. The maximum Gasteiger partial charge on any atom is 0.257 e. The predicted octanol–water partition coefficient (Wildman–Crippen LogP) is 2.58. The lowest BCUT2D eigenvalue weighted by molar-refractivity contribution is 0.0762. The molecule has 0 spiro atoms. The summed E-state index contributed by atoms with van der Waals surface area (Å²) in [6, 6.07) is 17.9. The van der Waals surface area contributed by atoms with Crippen LogP contribution < -0.4 is 10.5 Å². The molecule has 0 radical (unpaired) electrons. The van der Waals surface area contributed by atoms with Crippen LogP contribution in [-0.4, -0.2) is 47.3 Å². The molecule has 0 aliphatic heterocycles. The van der Waals surface area contributed by atoms with E-state index in [1.807, 2.05) is 42.5 Å². The number of rotatable bonds is 9. The van der Waals surface area contributed by atoms with E-state index >= 15 is 0 Å². The van der Waals surface area contributed by atoms with E-state index in [1.165, 1.54) is 5.56 Å². The lowest BCUT2D eigenvalue weighted by Crippen LogP contribution is -2.36. The maximum absolute atomic E-state index is 12.9. The minimum atomic E-state index is -0.0395. The first-order chi connectivity index (χ1) is 13.7. The summed E-state index contributed by atoms with van der Waals surface area (Å²) < 4.78 is 6.95. The van der Waals surface area contributed by atoms with Crippen molar-refractivity contribution in [2.45, 2.75) is 13.0 Å². The van der Waals surface area contributed by atoms with Gasteiger partial charge in [0.15, 0.2) is 0 Å². The first kappa shape index (κ1) is 19.6. The largest absolute Gasteiger partial charge is 0.497 e. The molecule has 1 heterocycles. The van der Waals surface area contributed by atoms with Crippen LogP contribution in [0.15, 0.2) is 67.0 Å². The quantitative estimate of drug-likeness (QED) is 0.621. The summed E-state index contributed by atoms with van der Waals surface area (Å²) in [5.41, 5.74) is 8.59. The lowest BCUT2D eigenvalue weighted by Gasteiger charge is -2.21. The third-order valence-corrected chi connectivity index (χ3v) is 4.58.